The van der Waals surface area contributed by atoms with Crippen molar-refractivity contribution in [3.8, 4) is 0 Å². The van der Waals surface area contributed by atoms with Crippen molar-refractivity contribution < 1.29 is 9.32 Å². The van der Waals surface area contributed by atoms with Gasteiger partial charge in [0.2, 0.25) is 0 Å². The molecule has 4 nitrogen and oxygen atoms in total. The molecule has 1 aromatic carbocycles. The molecule has 0 aliphatic heterocycles. The average Bonchev–Trinajstić information content (AvgIpc) is 2.66. The minimum Gasteiger partial charge on any atom is -0.361 e. The van der Waals surface area contributed by atoms with Gasteiger partial charge in [-0.15, -0.1) is 0 Å². The molecule has 0 spiro atoms. The Hall–Kier alpha value is -1.52. The van der Waals surface area contributed by atoms with Gasteiger partial charge >= 0.3 is 0 Å². The SMILES string of the molecule is Cc1noc(C)c1CNC(=O)c1ccc(Cl)cc1Cl. The van der Waals surface area contributed by atoms with Crippen LogP contribution in [0.1, 0.15) is 27.4 Å². The Morgan fingerprint density at radius 3 is 2.68 bits per heavy atom. The molecule has 0 bridgehead atoms. The van der Waals surface area contributed by atoms with Gasteiger partial charge in [-0.05, 0) is 32.0 Å². The van der Waals surface area contributed by atoms with Crippen LogP contribution in [0.2, 0.25) is 10.0 Å². The molecule has 0 aliphatic carbocycles. The molecule has 0 saturated carbocycles. The van der Waals surface area contributed by atoms with Gasteiger partial charge in [0.05, 0.1) is 16.3 Å². The highest BCUT2D eigenvalue weighted by molar-refractivity contribution is 6.36. The first-order valence-electron chi connectivity index (χ1n) is 5.64. The van der Waals surface area contributed by atoms with Crippen molar-refractivity contribution in [1.82, 2.24) is 10.5 Å². The highest BCUT2D eigenvalue weighted by Gasteiger charge is 2.13. The molecule has 100 valence electrons. The fourth-order valence-electron chi connectivity index (χ4n) is 1.69. The molecule has 19 heavy (non-hydrogen) atoms. The molecular weight excluding hydrogens is 287 g/mol. The molecule has 6 heteroatoms. The number of hydrogen-bond acceptors (Lipinski definition) is 3. The minimum absolute atomic E-state index is 0.262. The third-order valence-electron chi connectivity index (χ3n) is 2.78. The fourth-order valence-corrected chi connectivity index (χ4v) is 2.19. The lowest BCUT2D eigenvalue weighted by molar-refractivity contribution is 0.0951. The van der Waals surface area contributed by atoms with Crippen LogP contribution < -0.4 is 5.32 Å². The van der Waals surface area contributed by atoms with Crippen LogP contribution in [-0.2, 0) is 6.54 Å². The first kappa shape index (κ1) is 13.9. The van der Waals surface area contributed by atoms with Crippen molar-refractivity contribution in [3.05, 3.63) is 50.8 Å². The monoisotopic (exact) mass is 298 g/mol. The number of amides is 1. The zero-order valence-corrected chi connectivity index (χ0v) is 12.0. The van der Waals surface area contributed by atoms with Crippen LogP contribution in [0, 0.1) is 13.8 Å². The molecule has 0 saturated heterocycles. The van der Waals surface area contributed by atoms with Crippen molar-refractivity contribution in [3.63, 3.8) is 0 Å². The maximum absolute atomic E-state index is 12.0. The molecule has 1 N–H and O–H groups in total. The Labute approximate surface area is 120 Å². The van der Waals surface area contributed by atoms with Gasteiger partial charge in [0.25, 0.3) is 5.91 Å². The summed E-state index contributed by atoms with van der Waals surface area (Å²) in [4.78, 5) is 12.0. The van der Waals surface area contributed by atoms with E-state index in [4.69, 9.17) is 27.7 Å². The molecule has 1 aromatic heterocycles. The Kier molecular flexibility index (Phi) is 4.12. The van der Waals surface area contributed by atoms with E-state index in [0.717, 1.165) is 11.3 Å². The lowest BCUT2D eigenvalue weighted by Gasteiger charge is -2.06. The highest BCUT2D eigenvalue weighted by Crippen LogP contribution is 2.21. The summed E-state index contributed by atoms with van der Waals surface area (Å²) in [5.74, 6) is 0.432. The van der Waals surface area contributed by atoms with E-state index in [-0.39, 0.29) is 5.91 Å². The van der Waals surface area contributed by atoms with E-state index < -0.39 is 0 Å². The maximum Gasteiger partial charge on any atom is 0.253 e. The van der Waals surface area contributed by atoms with Crippen LogP contribution in [0.15, 0.2) is 22.7 Å². The van der Waals surface area contributed by atoms with Crippen LogP contribution in [0.5, 0.6) is 0 Å². The standard InChI is InChI=1S/C13H12Cl2N2O2/c1-7-11(8(2)19-17-7)6-16-13(18)10-4-3-9(14)5-12(10)15/h3-5H,6H2,1-2H3,(H,16,18). The van der Waals surface area contributed by atoms with E-state index in [2.05, 4.69) is 10.5 Å². The van der Waals surface area contributed by atoms with Crippen molar-refractivity contribution in [2.45, 2.75) is 20.4 Å². The Morgan fingerprint density at radius 2 is 2.11 bits per heavy atom. The molecule has 0 radical (unpaired) electrons. The number of aromatic nitrogens is 1. The van der Waals surface area contributed by atoms with Gasteiger partial charge in [0.15, 0.2) is 0 Å². The average molecular weight is 299 g/mol. The second-order valence-electron chi connectivity index (χ2n) is 4.11. The van der Waals surface area contributed by atoms with Crippen molar-refractivity contribution in [1.29, 1.82) is 0 Å². The van der Waals surface area contributed by atoms with Crippen LogP contribution in [0.3, 0.4) is 0 Å². The summed E-state index contributed by atoms with van der Waals surface area (Å²) in [5, 5.41) is 7.42. The number of benzene rings is 1. The van der Waals surface area contributed by atoms with Crippen LogP contribution in [-0.4, -0.2) is 11.1 Å². The second kappa shape index (κ2) is 5.63. The Balaban J connectivity index is 2.10. The van der Waals surface area contributed by atoms with E-state index >= 15 is 0 Å². The molecule has 1 amide bonds. The molecule has 0 aliphatic rings. The summed E-state index contributed by atoms with van der Waals surface area (Å²) in [6.45, 7) is 3.98. The van der Waals surface area contributed by atoms with E-state index in [0.29, 0.717) is 27.9 Å². The number of aryl methyl sites for hydroxylation is 2. The molecule has 2 aromatic rings. The van der Waals surface area contributed by atoms with E-state index in [1.807, 2.05) is 6.92 Å². The summed E-state index contributed by atoms with van der Waals surface area (Å²) in [6, 6.07) is 4.75. The number of nitrogens with one attached hydrogen (secondary N) is 1. The van der Waals surface area contributed by atoms with Crippen LogP contribution in [0.4, 0.5) is 0 Å². The highest BCUT2D eigenvalue weighted by atomic mass is 35.5. The smallest absolute Gasteiger partial charge is 0.253 e. The number of nitrogens with zero attached hydrogens (tertiary/aromatic N) is 1. The summed E-state index contributed by atoms with van der Waals surface area (Å²) in [7, 11) is 0. The molecule has 1 heterocycles. The summed E-state index contributed by atoms with van der Waals surface area (Å²) < 4.78 is 5.03. The topological polar surface area (TPSA) is 55.1 Å². The van der Waals surface area contributed by atoms with E-state index in [9.17, 15) is 4.79 Å². The van der Waals surface area contributed by atoms with Crippen molar-refractivity contribution in [2.24, 2.45) is 0 Å². The summed E-state index contributed by atoms with van der Waals surface area (Å²) >= 11 is 11.8. The largest absolute Gasteiger partial charge is 0.361 e. The number of carbonyl (C=O) groups excluding carboxylic acids is 1. The van der Waals surface area contributed by atoms with Gasteiger partial charge in [-0.2, -0.15) is 0 Å². The Bertz CT molecular complexity index is 604. The van der Waals surface area contributed by atoms with Gasteiger partial charge in [0, 0.05) is 17.1 Å². The first-order chi connectivity index (χ1) is 8.99. The lowest BCUT2D eigenvalue weighted by Crippen LogP contribution is -2.23. The van der Waals surface area contributed by atoms with Gasteiger partial charge in [-0.1, -0.05) is 28.4 Å². The van der Waals surface area contributed by atoms with Gasteiger partial charge in [-0.25, -0.2) is 0 Å². The van der Waals surface area contributed by atoms with Crippen molar-refractivity contribution in [2.75, 3.05) is 0 Å². The van der Waals surface area contributed by atoms with Gasteiger partial charge in [0.1, 0.15) is 5.76 Å². The van der Waals surface area contributed by atoms with Crippen LogP contribution >= 0.6 is 23.2 Å². The fraction of sp³-hybridized carbons (Fsp3) is 0.231. The predicted molar refractivity (Wildman–Crippen MR) is 73.6 cm³/mol. The molecule has 0 fully saturated rings. The molecule has 0 unspecified atom stereocenters. The van der Waals surface area contributed by atoms with Gasteiger partial charge in [-0.3, -0.25) is 4.79 Å². The van der Waals surface area contributed by atoms with Crippen molar-refractivity contribution >= 4 is 29.1 Å². The maximum atomic E-state index is 12.0. The second-order valence-corrected chi connectivity index (χ2v) is 4.95. The predicted octanol–water partition coefficient (Wildman–Crippen LogP) is 3.53. The zero-order chi connectivity index (χ0) is 14.0. The van der Waals surface area contributed by atoms with Crippen LogP contribution in [0.25, 0.3) is 0 Å². The quantitative estimate of drug-likeness (QED) is 0.943. The van der Waals surface area contributed by atoms with Gasteiger partial charge < -0.3 is 9.84 Å². The summed E-state index contributed by atoms with van der Waals surface area (Å²) in [6.07, 6.45) is 0. The lowest BCUT2D eigenvalue weighted by atomic mass is 10.2. The number of halogens is 2. The normalized spacial score (nSPS) is 10.5. The first-order valence-corrected chi connectivity index (χ1v) is 6.39. The number of carbonyl (C=O) groups is 1. The molecular formula is C13H12Cl2N2O2. The summed E-state index contributed by atoms with van der Waals surface area (Å²) in [5.41, 5.74) is 2.02. The third-order valence-corrected chi connectivity index (χ3v) is 3.33. The Morgan fingerprint density at radius 1 is 1.37 bits per heavy atom. The molecule has 2 rings (SSSR count). The minimum atomic E-state index is -0.262. The third kappa shape index (κ3) is 3.08. The van der Waals surface area contributed by atoms with E-state index in [1.54, 1.807) is 19.1 Å². The number of hydrogen-bond donors (Lipinski definition) is 1. The number of rotatable bonds is 3. The molecule has 0 atom stereocenters. The van der Waals surface area contributed by atoms with E-state index in [1.165, 1.54) is 6.07 Å². The zero-order valence-electron chi connectivity index (χ0n) is 10.5.